The van der Waals surface area contributed by atoms with Gasteiger partial charge in [0.25, 0.3) is 6.43 Å². The summed E-state index contributed by atoms with van der Waals surface area (Å²) in [5.41, 5.74) is -0.876. The summed E-state index contributed by atoms with van der Waals surface area (Å²) in [6.07, 6.45) is -0.556. The van der Waals surface area contributed by atoms with E-state index in [2.05, 4.69) is 5.32 Å². The van der Waals surface area contributed by atoms with Crippen molar-refractivity contribution in [3.05, 3.63) is 0 Å². The zero-order valence-corrected chi connectivity index (χ0v) is 11.7. The lowest BCUT2D eigenvalue weighted by molar-refractivity contribution is -0.152. The van der Waals surface area contributed by atoms with Crippen LogP contribution < -0.4 is 5.32 Å². The Hall–Kier alpha value is -0.750. The van der Waals surface area contributed by atoms with Crippen LogP contribution in [0.25, 0.3) is 0 Å². The summed E-state index contributed by atoms with van der Waals surface area (Å²) < 4.78 is 34.3. The molecule has 0 aromatic carbocycles. The Kier molecular flexibility index (Phi) is 6.13. The van der Waals surface area contributed by atoms with Gasteiger partial charge in [0.15, 0.2) is 0 Å². The minimum atomic E-state index is -2.49. The molecule has 2 unspecified atom stereocenters. The molecule has 1 aliphatic carbocycles. The molecule has 1 N–H and O–H groups in total. The van der Waals surface area contributed by atoms with Gasteiger partial charge in [0.05, 0.1) is 12.7 Å². The van der Waals surface area contributed by atoms with Crippen LogP contribution in [0.3, 0.4) is 0 Å². The maximum Gasteiger partial charge on any atom is 0.326 e. The summed E-state index contributed by atoms with van der Waals surface area (Å²) in [6.45, 7) is 4.86. The van der Waals surface area contributed by atoms with Gasteiger partial charge in [-0.05, 0) is 33.6 Å². The third-order valence-corrected chi connectivity index (χ3v) is 3.03. The second-order valence-electron chi connectivity index (χ2n) is 5.21. The summed E-state index contributed by atoms with van der Waals surface area (Å²) in [6, 6.07) is 0.316. The predicted molar refractivity (Wildman–Crippen MR) is 67.2 cm³/mol. The molecule has 0 bridgehead atoms. The Morgan fingerprint density at radius 1 is 1.47 bits per heavy atom. The SMILES string of the molecule is CCOC(=O)C(C)(CC(C)OCC(F)F)NC1CC1. The van der Waals surface area contributed by atoms with Crippen molar-refractivity contribution in [2.24, 2.45) is 0 Å². The summed E-state index contributed by atoms with van der Waals surface area (Å²) in [7, 11) is 0. The molecule has 1 aliphatic rings. The van der Waals surface area contributed by atoms with Crippen LogP contribution in [0.5, 0.6) is 0 Å². The van der Waals surface area contributed by atoms with Crippen LogP contribution in [0.1, 0.15) is 40.0 Å². The van der Waals surface area contributed by atoms with E-state index in [4.69, 9.17) is 9.47 Å². The van der Waals surface area contributed by atoms with Gasteiger partial charge in [0.1, 0.15) is 12.1 Å². The summed E-state index contributed by atoms with van der Waals surface area (Å²) in [5.74, 6) is -0.352. The van der Waals surface area contributed by atoms with Crippen molar-refractivity contribution in [3.63, 3.8) is 0 Å². The highest BCUT2D eigenvalue weighted by Crippen LogP contribution is 2.26. The van der Waals surface area contributed by atoms with Crippen LogP contribution in [0.4, 0.5) is 8.78 Å². The number of halogens is 2. The summed E-state index contributed by atoms with van der Waals surface area (Å²) in [5, 5.41) is 3.23. The first kappa shape index (κ1) is 16.3. The smallest absolute Gasteiger partial charge is 0.326 e. The number of hydrogen-bond acceptors (Lipinski definition) is 4. The number of esters is 1. The van der Waals surface area contributed by atoms with E-state index in [9.17, 15) is 13.6 Å². The average Bonchev–Trinajstić information content (AvgIpc) is 3.10. The van der Waals surface area contributed by atoms with Crippen molar-refractivity contribution in [2.75, 3.05) is 13.2 Å². The van der Waals surface area contributed by atoms with Crippen molar-refractivity contribution in [1.29, 1.82) is 0 Å². The number of nitrogens with one attached hydrogen (secondary N) is 1. The Labute approximate surface area is 112 Å². The monoisotopic (exact) mass is 279 g/mol. The van der Waals surface area contributed by atoms with E-state index in [0.717, 1.165) is 12.8 Å². The number of carbonyl (C=O) groups is 1. The molecule has 1 rings (SSSR count). The lowest BCUT2D eigenvalue weighted by Gasteiger charge is -2.31. The predicted octanol–water partition coefficient (Wildman–Crippen LogP) is 2.12. The first-order chi connectivity index (χ1) is 8.87. The molecule has 0 saturated heterocycles. The zero-order chi connectivity index (χ0) is 14.5. The molecule has 0 aromatic heterocycles. The Balaban J connectivity index is 2.54. The van der Waals surface area contributed by atoms with Gasteiger partial charge >= 0.3 is 5.97 Å². The van der Waals surface area contributed by atoms with Crippen LogP contribution in [-0.4, -0.2) is 43.3 Å². The Bertz CT molecular complexity index is 298. The van der Waals surface area contributed by atoms with Gasteiger partial charge < -0.3 is 9.47 Å². The Morgan fingerprint density at radius 3 is 2.58 bits per heavy atom. The highest BCUT2D eigenvalue weighted by Gasteiger charge is 2.40. The number of ether oxygens (including phenoxy) is 2. The third-order valence-electron chi connectivity index (χ3n) is 3.03. The van der Waals surface area contributed by atoms with Crippen LogP contribution >= 0.6 is 0 Å². The molecule has 0 aliphatic heterocycles. The van der Waals surface area contributed by atoms with Gasteiger partial charge in [0.2, 0.25) is 0 Å². The van der Waals surface area contributed by atoms with Crippen molar-refractivity contribution < 1.29 is 23.0 Å². The maximum absolute atomic E-state index is 12.1. The quantitative estimate of drug-likeness (QED) is 0.657. The van der Waals surface area contributed by atoms with Gasteiger partial charge in [-0.3, -0.25) is 10.1 Å². The van der Waals surface area contributed by atoms with Crippen LogP contribution in [0.15, 0.2) is 0 Å². The first-order valence-electron chi connectivity index (χ1n) is 6.72. The largest absolute Gasteiger partial charge is 0.465 e. The van der Waals surface area contributed by atoms with Crippen molar-refractivity contribution >= 4 is 5.97 Å². The van der Waals surface area contributed by atoms with Crippen LogP contribution in [0.2, 0.25) is 0 Å². The fourth-order valence-corrected chi connectivity index (χ4v) is 2.04. The minimum Gasteiger partial charge on any atom is -0.465 e. The molecule has 0 radical (unpaired) electrons. The molecule has 112 valence electrons. The van der Waals surface area contributed by atoms with E-state index >= 15 is 0 Å². The van der Waals surface area contributed by atoms with Crippen molar-refractivity contribution in [3.8, 4) is 0 Å². The molecule has 19 heavy (non-hydrogen) atoms. The van der Waals surface area contributed by atoms with Gasteiger partial charge in [-0.2, -0.15) is 0 Å². The highest BCUT2D eigenvalue weighted by atomic mass is 19.3. The lowest BCUT2D eigenvalue weighted by atomic mass is 9.94. The first-order valence-corrected chi connectivity index (χ1v) is 6.72. The van der Waals surface area contributed by atoms with Gasteiger partial charge in [0, 0.05) is 12.5 Å². The van der Waals surface area contributed by atoms with Gasteiger partial charge in [-0.15, -0.1) is 0 Å². The standard InChI is InChI=1S/C13H23F2NO3/c1-4-18-12(17)13(3,16-10-5-6-10)7-9(2)19-8-11(14)15/h9-11,16H,4-8H2,1-3H3. The van der Waals surface area contributed by atoms with Gasteiger partial charge in [-0.25, -0.2) is 8.78 Å². The van der Waals surface area contributed by atoms with Gasteiger partial charge in [-0.1, -0.05) is 0 Å². The average molecular weight is 279 g/mol. The number of rotatable bonds is 9. The highest BCUT2D eigenvalue weighted by molar-refractivity contribution is 5.80. The third kappa shape index (κ3) is 5.82. The minimum absolute atomic E-state index is 0.299. The second kappa shape index (κ2) is 7.14. The van der Waals surface area contributed by atoms with E-state index in [1.807, 2.05) is 0 Å². The topological polar surface area (TPSA) is 47.6 Å². The van der Waals surface area contributed by atoms with Crippen molar-refractivity contribution in [1.82, 2.24) is 5.32 Å². The molecule has 0 amide bonds. The number of carbonyl (C=O) groups excluding carboxylic acids is 1. The molecule has 0 spiro atoms. The lowest BCUT2D eigenvalue weighted by Crippen LogP contribution is -2.53. The van der Waals surface area contributed by atoms with E-state index in [1.54, 1.807) is 20.8 Å². The van der Waals surface area contributed by atoms with E-state index < -0.39 is 24.7 Å². The summed E-state index contributed by atoms with van der Waals surface area (Å²) in [4.78, 5) is 12.0. The van der Waals surface area contributed by atoms with E-state index in [-0.39, 0.29) is 5.97 Å². The maximum atomic E-state index is 12.1. The fraction of sp³-hybridized carbons (Fsp3) is 0.923. The van der Waals surface area contributed by atoms with Crippen LogP contribution in [0, 0.1) is 0 Å². The second-order valence-corrected chi connectivity index (χ2v) is 5.21. The molecular formula is C13H23F2NO3. The Morgan fingerprint density at radius 2 is 2.11 bits per heavy atom. The molecule has 2 atom stereocenters. The van der Waals surface area contributed by atoms with Crippen LogP contribution in [-0.2, 0) is 14.3 Å². The number of hydrogen-bond donors (Lipinski definition) is 1. The zero-order valence-electron chi connectivity index (χ0n) is 11.7. The molecular weight excluding hydrogens is 256 g/mol. The molecule has 4 nitrogen and oxygen atoms in total. The van der Waals surface area contributed by atoms with Crippen molar-refractivity contribution in [2.45, 2.75) is 64.1 Å². The summed E-state index contributed by atoms with van der Waals surface area (Å²) >= 11 is 0. The normalized spacial score (nSPS) is 20.1. The molecule has 1 saturated carbocycles. The van der Waals surface area contributed by atoms with E-state index in [1.165, 1.54) is 0 Å². The molecule has 6 heteroatoms. The fourth-order valence-electron chi connectivity index (χ4n) is 2.04. The molecule has 1 fully saturated rings. The number of alkyl halides is 2. The molecule has 0 aromatic rings. The molecule has 0 heterocycles. The van der Waals surface area contributed by atoms with E-state index in [0.29, 0.717) is 19.1 Å².